The van der Waals surface area contributed by atoms with Crippen LogP contribution in [0.4, 0.5) is 17.5 Å². The van der Waals surface area contributed by atoms with Crippen LogP contribution in [0.15, 0.2) is 60.9 Å². The maximum atomic E-state index is 10.9. The molecule has 0 saturated carbocycles. The fraction of sp³-hybridized carbons (Fsp3) is 0.261. The molecule has 5 rings (SSSR count). The van der Waals surface area contributed by atoms with Crippen LogP contribution in [-0.4, -0.2) is 66.5 Å². The first kappa shape index (κ1) is 22.4. The number of nitrogens with zero attached hydrogens (tertiary/aromatic N) is 6. The van der Waals surface area contributed by atoms with E-state index in [1.807, 2.05) is 53.0 Å². The molecular formula is C23H26N8O2S. The molecule has 34 heavy (non-hydrogen) atoms. The quantitative estimate of drug-likeness (QED) is 0.348. The average Bonchev–Trinajstić information content (AvgIpc) is 3.27. The summed E-state index contributed by atoms with van der Waals surface area (Å²) in [6.45, 7) is 4.31. The van der Waals surface area contributed by atoms with Crippen molar-refractivity contribution in [2.24, 2.45) is 0 Å². The van der Waals surface area contributed by atoms with Crippen LogP contribution in [0.2, 0.25) is 0 Å². The van der Waals surface area contributed by atoms with Crippen molar-refractivity contribution in [1.29, 1.82) is 0 Å². The van der Waals surface area contributed by atoms with Crippen LogP contribution in [0.3, 0.4) is 0 Å². The zero-order chi connectivity index (χ0) is 23.5. The predicted octanol–water partition coefficient (Wildman–Crippen LogP) is 2.51. The number of hydrogen-bond acceptors (Lipinski definition) is 7. The van der Waals surface area contributed by atoms with E-state index in [2.05, 4.69) is 42.0 Å². The van der Waals surface area contributed by atoms with Crippen molar-refractivity contribution in [1.82, 2.24) is 29.2 Å². The molecule has 0 spiro atoms. The highest BCUT2D eigenvalue weighted by atomic mass is 32.2. The molecular weight excluding hydrogens is 452 g/mol. The molecule has 0 amide bonds. The Balaban J connectivity index is 1.34. The number of piperazine rings is 1. The number of aromatic nitrogens is 4. The van der Waals surface area contributed by atoms with Crippen molar-refractivity contribution in [2.45, 2.75) is 6.54 Å². The monoisotopic (exact) mass is 478 g/mol. The van der Waals surface area contributed by atoms with Crippen LogP contribution in [0.25, 0.3) is 16.8 Å². The van der Waals surface area contributed by atoms with Crippen LogP contribution < -0.4 is 14.9 Å². The number of likely N-dealkylation sites (N-methyl/N-ethyl adjacent to an activating group) is 1. The van der Waals surface area contributed by atoms with Gasteiger partial charge in [0.25, 0.3) is 0 Å². The molecule has 10 nitrogen and oxygen atoms in total. The molecule has 0 bridgehead atoms. The van der Waals surface area contributed by atoms with E-state index < -0.39 is 11.3 Å². The summed E-state index contributed by atoms with van der Waals surface area (Å²) in [5, 5.41) is 7.92. The summed E-state index contributed by atoms with van der Waals surface area (Å²) in [6.07, 6.45) is 3.57. The summed E-state index contributed by atoms with van der Waals surface area (Å²) >= 11 is -2.05. The number of pyridine rings is 1. The summed E-state index contributed by atoms with van der Waals surface area (Å²) in [4.78, 5) is 13.7. The van der Waals surface area contributed by atoms with Crippen molar-refractivity contribution in [2.75, 3.05) is 43.4 Å². The van der Waals surface area contributed by atoms with Crippen LogP contribution in [-0.2, 0) is 17.8 Å². The van der Waals surface area contributed by atoms with Gasteiger partial charge in [0.05, 0.1) is 29.3 Å². The van der Waals surface area contributed by atoms with Crippen molar-refractivity contribution in [3.05, 3.63) is 66.5 Å². The topological polar surface area (TPSA) is 111 Å². The van der Waals surface area contributed by atoms with Crippen molar-refractivity contribution in [3.8, 4) is 11.3 Å². The van der Waals surface area contributed by atoms with Gasteiger partial charge in [0.15, 0.2) is 0 Å². The number of nitrogens with one attached hydrogen (secondary N) is 2. The number of hydrogen-bond donors (Lipinski definition) is 3. The zero-order valence-electron chi connectivity index (χ0n) is 18.8. The molecule has 1 unspecified atom stereocenters. The first-order valence-electron chi connectivity index (χ1n) is 11.0. The van der Waals surface area contributed by atoms with Crippen molar-refractivity contribution < 1.29 is 8.76 Å². The number of rotatable bonds is 7. The largest absolute Gasteiger partial charge is 0.354 e. The smallest absolute Gasteiger partial charge is 0.245 e. The molecule has 3 aromatic heterocycles. The summed E-state index contributed by atoms with van der Waals surface area (Å²) in [7, 11) is 2.14. The highest BCUT2D eigenvalue weighted by Gasteiger charge is 2.15. The average molecular weight is 479 g/mol. The van der Waals surface area contributed by atoms with Crippen molar-refractivity contribution in [3.63, 3.8) is 0 Å². The maximum absolute atomic E-state index is 10.9. The lowest BCUT2D eigenvalue weighted by molar-refractivity contribution is 0.312. The van der Waals surface area contributed by atoms with E-state index in [4.69, 9.17) is 4.55 Å². The van der Waals surface area contributed by atoms with E-state index in [0.29, 0.717) is 12.5 Å². The SMILES string of the molecule is CN1CCN(c2ccc(Nc3ncc4ccc(-c5cccc(CNS(=O)O)c5)n4n3)cn2)CC1. The van der Waals surface area contributed by atoms with Gasteiger partial charge in [-0.05, 0) is 42.9 Å². The number of fused-ring (bicyclic) bond motifs is 1. The second-order valence-electron chi connectivity index (χ2n) is 8.23. The Bertz CT molecular complexity index is 1300. The van der Waals surface area contributed by atoms with Gasteiger partial charge in [-0.3, -0.25) is 4.55 Å². The summed E-state index contributed by atoms with van der Waals surface area (Å²) in [6, 6.07) is 15.7. The Morgan fingerprint density at radius 3 is 2.65 bits per heavy atom. The Morgan fingerprint density at radius 2 is 1.88 bits per heavy atom. The molecule has 4 heterocycles. The van der Waals surface area contributed by atoms with E-state index in [0.717, 1.165) is 60.0 Å². The molecule has 1 aromatic carbocycles. The van der Waals surface area contributed by atoms with Gasteiger partial charge >= 0.3 is 0 Å². The minimum atomic E-state index is -2.05. The normalized spacial score (nSPS) is 15.5. The van der Waals surface area contributed by atoms with E-state index in [1.54, 1.807) is 12.4 Å². The summed E-state index contributed by atoms with van der Waals surface area (Å²) in [5.74, 6) is 1.44. The Labute approximate surface area is 200 Å². The molecule has 0 aliphatic carbocycles. The number of anilines is 3. The van der Waals surface area contributed by atoms with Crippen LogP contribution in [0, 0.1) is 0 Å². The van der Waals surface area contributed by atoms with Gasteiger partial charge in [0.1, 0.15) is 5.82 Å². The van der Waals surface area contributed by atoms with Gasteiger partial charge in [-0.2, -0.15) is 0 Å². The van der Waals surface area contributed by atoms with E-state index in [-0.39, 0.29) is 0 Å². The fourth-order valence-corrected chi connectivity index (χ4v) is 4.27. The molecule has 11 heteroatoms. The Hall–Kier alpha value is -3.38. The molecule has 1 fully saturated rings. The van der Waals surface area contributed by atoms with Gasteiger partial charge in [-0.15, -0.1) is 5.10 Å². The standard InChI is InChI=1S/C23H26N8O2S/c1-29-9-11-30(12-10-29)22-8-5-19(15-24-22)27-23-25-16-20-6-7-21(31(20)28-23)18-4-2-3-17(13-18)14-26-34(32)33/h2-8,13,15-16,26H,9-12,14H2,1H3,(H,27,28)(H,32,33). The third-order valence-corrected chi connectivity index (χ3v) is 6.24. The summed E-state index contributed by atoms with van der Waals surface area (Å²) < 4.78 is 24.2. The Morgan fingerprint density at radius 1 is 1.03 bits per heavy atom. The highest BCUT2D eigenvalue weighted by Crippen LogP contribution is 2.24. The van der Waals surface area contributed by atoms with Gasteiger partial charge in [-0.1, -0.05) is 18.2 Å². The van der Waals surface area contributed by atoms with Crippen molar-refractivity contribution >= 4 is 34.2 Å². The minimum Gasteiger partial charge on any atom is -0.354 e. The molecule has 1 saturated heterocycles. The third kappa shape index (κ3) is 5.07. The summed E-state index contributed by atoms with van der Waals surface area (Å²) in [5.41, 5.74) is 4.43. The van der Waals surface area contributed by atoms with E-state index in [9.17, 15) is 4.21 Å². The van der Waals surface area contributed by atoms with Gasteiger partial charge in [0.2, 0.25) is 17.2 Å². The van der Waals surface area contributed by atoms with Crippen LogP contribution in [0.5, 0.6) is 0 Å². The maximum Gasteiger partial charge on any atom is 0.245 e. The fourth-order valence-electron chi connectivity index (χ4n) is 3.97. The predicted molar refractivity (Wildman–Crippen MR) is 133 cm³/mol. The lowest BCUT2D eigenvalue weighted by Gasteiger charge is -2.33. The number of benzene rings is 1. The van der Waals surface area contributed by atoms with Crippen LogP contribution >= 0.6 is 0 Å². The molecule has 1 aliphatic rings. The van der Waals surface area contributed by atoms with Crippen LogP contribution in [0.1, 0.15) is 5.56 Å². The second-order valence-corrected chi connectivity index (χ2v) is 9.02. The molecule has 1 atom stereocenters. The lowest BCUT2D eigenvalue weighted by atomic mass is 10.1. The molecule has 3 N–H and O–H groups in total. The zero-order valence-corrected chi connectivity index (χ0v) is 19.6. The first-order chi connectivity index (χ1) is 16.5. The molecule has 0 radical (unpaired) electrons. The highest BCUT2D eigenvalue weighted by molar-refractivity contribution is 7.77. The van der Waals surface area contributed by atoms with Gasteiger partial charge < -0.3 is 15.1 Å². The van der Waals surface area contributed by atoms with Gasteiger partial charge in [0, 0.05) is 38.3 Å². The molecule has 1 aliphatic heterocycles. The molecule has 176 valence electrons. The van der Waals surface area contributed by atoms with Gasteiger partial charge in [-0.25, -0.2) is 23.4 Å². The molecule has 4 aromatic rings. The third-order valence-electron chi connectivity index (χ3n) is 5.85. The first-order valence-corrected chi connectivity index (χ1v) is 12.1. The minimum absolute atomic E-state index is 0.291. The lowest BCUT2D eigenvalue weighted by Crippen LogP contribution is -2.44. The van der Waals surface area contributed by atoms with E-state index in [1.165, 1.54) is 0 Å². The van der Waals surface area contributed by atoms with E-state index >= 15 is 0 Å². The second kappa shape index (κ2) is 9.85. The Kier molecular flexibility index (Phi) is 6.50.